The molecule has 1 heterocycles. The van der Waals surface area contributed by atoms with Gasteiger partial charge in [0.2, 0.25) is 0 Å². The van der Waals surface area contributed by atoms with Crippen LogP contribution in [-0.4, -0.2) is 9.55 Å². The topological polar surface area (TPSA) is 17.8 Å². The van der Waals surface area contributed by atoms with E-state index in [9.17, 15) is 0 Å². The van der Waals surface area contributed by atoms with Gasteiger partial charge in [-0.3, -0.25) is 0 Å². The number of unbranched alkanes of at least 4 members (excludes halogenated alkanes) is 1. The zero-order valence-corrected chi connectivity index (χ0v) is 9.14. The van der Waals surface area contributed by atoms with Crippen LogP contribution in [0.5, 0.6) is 0 Å². The Bertz CT molecular complexity index is 255. The molecule has 0 fully saturated rings. The minimum atomic E-state index is 0.625. The van der Waals surface area contributed by atoms with Crippen molar-refractivity contribution in [3.8, 4) is 0 Å². The molecule has 2 nitrogen and oxygen atoms in total. The maximum absolute atomic E-state index is 5.85. The first-order valence-electron chi connectivity index (χ1n) is 4.99. The summed E-state index contributed by atoms with van der Waals surface area (Å²) in [5.74, 6) is 1.13. The molecule has 0 bridgehead atoms. The number of rotatable bonds is 5. The fourth-order valence-electron chi connectivity index (χ4n) is 1.36. The summed E-state index contributed by atoms with van der Waals surface area (Å²) in [5.41, 5.74) is 0. The van der Waals surface area contributed by atoms with Gasteiger partial charge in [-0.15, -0.1) is 0 Å². The molecule has 0 aliphatic carbocycles. The minimum absolute atomic E-state index is 0.625. The molecule has 0 aliphatic rings. The average Bonchev–Trinajstić information content (AvgIpc) is 2.44. The number of hydrogen-bond acceptors (Lipinski definition) is 1. The molecule has 1 aromatic rings. The van der Waals surface area contributed by atoms with Gasteiger partial charge in [0.15, 0.2) is 0 Å². The summed E-state index contributed by atoms with van der Waals surface area (Å²) in [6, 6.07) is 0. The molecule has 13 heavy (non-hydrogen) atoms. The Kier molecular flexibility index (Phi) is 4.29. The molecule has 0 aromatic carbocycles. The second kappa shape index (κ2) is 5.28. The molecular formula is C10H17ClN2. The molecule has 0 aliphatic heterocycles. The predicted molar refractivity (Wildman–Crippen MR) is 56.1 cm³/mol. The molecular weight excluding hydrogens is 184 g/mol. The van der Waals surface area contributed by atoms with E-state index >= 15 is 0 Å². The summed E-state index contributed by atoms with van der Waals surface area (Å²) in [6.07, 6.45) is 6.49. The number of hydrogen-bond donors (Lipinski definition) is 0. The van der Waals surface area contributed by atoms with E-state index in [0.29, 0.717) is 5.15 Å². The van der Waals surface area contributed by atoms with Crippen LogP contribution in [0, 0.1) is 0 Å². The molecule has 0 atom stereocenters. The monoisotopic (exact) mass is 200 g/mol. The van der Waals surface area contributed by atoms with Gasteiger partial charge in [0, 0.05) is 19.2 Å². The van der Waals surface area contributed by atoms with Crippen molar-refractivity contribution in [1.29, 1.82) is 0 Å². The van der Waals surface area contributed by atoms with Crippen LogP contribution in [0.1, 0.15) is 38.9 Å². The van der Waals surface area contributed by atoms with Crippen molar-refractivity contribution in [2.75, 3.05) is 0 Å². The van der Waals surface area contributed by atoms with E-state index in [4.69, 9.17) is 11.6 Å². The molecule has 0 N–H and O–H groups in total. The number of halogens is 1. The van der Waals surface area contributed by atoms with E-state index < -0.39 is 0 Å². The average molecular weight is 201 g/mol. The molecule has 3 heteroatoms. The van der Waals surface area contributed by atoms with Crippen LogP contribution in [0.2, 0.25) is 5.15 Å². The minimum Gasteiger partial charge on any atom is -0.333 e. The van der Waals surface area contributed by atoms with E-state index in [1.807, 2.05) is 6.20 Å². The zero-order valence-electron chi connectivity index (χ0n) is 8.39. The van der Waals surface area contributed by atoms with Gasteiger partial charge < -0.3 is 4.57 Å². The second-order valence-electron chi connectivity index (χ2n) is 3.28. The summed E-state index contributed by atoms with van der Waals surface area (Å²) < 4.78 is 2.18. The lowest BCUT2D eigenvalue weighted by Gasteiger charge is -2.04. The molecule has 0 saturated carbocycles. The lowest BCUT2D eigenvalue weighted by Crippen LogP contribution is -2.02. The number of imidazole rings is 1. The van der Waals surface area contributed by atoms with Gasteiger partial charge in [-0.25, -0.2) is 4.98 Å². The third kappa shape index (κ3) is 3.03. The highest BCUT2D eigenvalue weighted by Crippen LogP contribution is 2.11. The van der Waals surface area contributed by atoms with E-state index in [1.54, 1.807) is 0 Å². The highest BCUT2D eigenvalue weighted by Gasteiger charge is 2.04. The Morgan fingerprint density at radius 3 is 2.77 bits per heavy atom. The molecule has 0 unspecified atom stereocenters. The van der Waals surface area contributed by atoms with Crippen molar-refractivity contribution >= 4 is 11.6 Å². The maximum Gasteiger partial charge on any atom is 0.147 e. The van der Waals surface area contributed by atoms with E-state index in [-0.39, 0.29) is 0 Å². The quantitative estimate of drug-likeness (QED) is 0.713. The van der Waals surface area contributed by atoms with Gasteiger partial charge in [-0.1, -0.05) is 31.9 Å². The lowest BCUT2D eigenvalue weighted by molar-refractivity contribution is 0.598. The van der Waals surface area contributed by atoms with Gasteiger partial charge in [-0.2, -0.15) is 0 Å². The van der Waals surface area contributed by atoms with E-state index in [1.165, 1.54) is 12.8 Å². The van der Waals surface area contributed by atoms with Crippen molar-refractivity contribution < 1.29 is 0 Å². The Hall–Kier alpha value is -0.500. The van der Waals surface area contributed by atoms with Gasteiger partial charge in [0.1, 0.15) is 11.0 Å². The smallest absolute Gasteiger partial charge is 0.147 e. The predicted octanol–water partition coefficient (Wildman–Crippen LogP) is 3.29. The fraction of sp³-hybridized carbons (Fsp3) is 0.700. The molecule has 0 saturated heterocycles. The third-order valence-corrected chi connectivity index (χ3v) is 2.24. The normalized spacial score (nSPS) is 10.7. The Labute approximate surface area is 84.9 Å². The lowest BCUT2D eigenvalue weighted by atomic mass is 10.3. The Morgan fingerprint density at radius 1 is 1.38 bits per heavy atom. The third-order valence-electron chi connectivity index (χ3n) is 2.06. The van der Waals surface area contributed by atoms with Crippen molar-refractivity contribution in [2.45, 2.75) is 46.1 Å². The Morgan fingerprint density at radius 2 is 2.15 bits per heavy atom. The first-order valence-corrected chi connectivity index (χ1v) is 5.37. The van der Waals surface area contributed by atoms with Crippen molar-refractivity contribution in [3.63, 3.8) is 0 Å². The molecule has 1 aromatic heterocycles. The van der Waals surface area contributed by atoms with Crippen LogP contribution in [-0.2, 0) is 13.0 Å². The fourth-order valence-corrected chi connectivity index (χ4v) is 1.58. The molecule has 0 radical (unpaired) electrons. The van der Waals surface area contributed by atoms with Gasteiger partial charge >= 0.3 is 0 Å². The highest BCUT2D eigenvalue weighted by molar-refractivity contribution is 6.29. The van der Waals surface area contributed by atoms with Crippen LogP contribution in [0.25, 0.3) is 0 Å². The molecule has 0 amide bonds. The first-order chi connectivity index (χ1) is 6.27. The highest BCUT2D eigenvalue weighted by atomic mass is 35.5. The Balaban J connectivity index is 2.66. The standard InChI is InChI=1S/C10H17ClN2/c1-3-5-7-13-8-9(11)12-10(13)6-4-2/h8H,3-7H2,1-2H3. The van der Waals surface area contributed by atoms with Crippen LogP contribution in [0.4, 0.5) is 0 Å². The van der Waals surface area contributed by atoms with Crippen LogP contribution >= 0.6 is 11.6 Å². The SMILES string of the molecule is CCCCn1cc(Cl)nc1CCC. The van der Waals surface area contributed by atoms with Crippen LogP contribution < -0.4 is 0 Å². The summed E-state index contributed by atoms with van der Waals surface area (Å²) in [6.45, 7) is 5.40. The van der Waals surface area contributed by atoms with Crippen molar-refractivity contribution in [3.05, 3.63) is 17.2 Å². The largest absolute Gasteiger partial charge is 0.333 e. The molecule has 1 rings (SSSR count). The summed E-state index contributed by atoms with van der Waals surface area (Å²) in [5, 5.41) is 0.625. The van der Waals surface area contributed by atoms with Crippen LogP contribution in [0.3, 0.4) is 0 Å². The maximum atomic E-state index is 5.85. The van der Waals surface area contributed by atoms with E-state index in [2.05, 4.69) is 23.4 Å². The van der Waals surface area contributed by atoms with E-state index in [0.717, 1.165) is 25.2 Å². The van der Waals surface area contributed by atoms with Gasteiger partial charge in [0.25, 0.3) is 0 Å². The summed E-state index contributed by atoms with van der Waals surface area (Å²) in [7, 11) is 0. The summed E-state index contributed by atoms with van der Waals surface area (Å²) >= 11 is 5.85. The van der Waals surface area contributed by atoms with Crippen molar-refractivity contribution in [2.24, 2.45) is 0 Å². The van der Waals surface area contributed by atoms with Gasteiger partial charge in [-0.05, 0) is 12.8 Å². The summed E-state index contributed by atoms with van der Waals surface area (Å²) in [4.78, 5) is 4.28. The molecule has 74 valence electrons. The number of nitrogens with zero attached hydrogens (tertiary/aromatic N) is 2. The number of aryl methyl sites for hydroxylation is 2. The second-order valence-corrected chi connectivity index (χ2v) is 3.66. The zero-order chi connectivity index (χ0) is 9.68. The van der Waals surface area contributed by atoms with Crippen LogP contribution in [0.15, 0.2) is 6.20 Å². The van der Waals surface area contributed by atoms with Gasteiger partial charge in [0.05, 0.1) is 0 Å². The van der Waals surface area contributed by atoms with Crippen molar-refractivity contribution in [1.82, 2.24) is 9.55 Å². The number of aromatic nitrogens is 2. The first kappa shape index (κ1) is 10.6. The molecule has 0 spiro atoms.